The Bertz CT molecular complexity index is 408. The van der Waals surface area contributed by atoms with Crippen molar-refractivity contribution < 1.29 is 9.47 Å². The predicted octanol–water partition coefficient (Wildman–Crippen LogP) is 2.74. The fourth-order valence-electron chi connectivity index (χ4n) is 1.64. The van der Waals surface area contributed by atoms with Gasteiger partial charge in [0, 0.05) is 17.0 Å². The zero-order chi connectivity index (χ0) is 11.4. The van der Waals surface area contributed by atoms with Crippen LogP contribution in [0.2, 0.25) is 0 Å². The van der Waals surface area contributed by atoms with Crippen LogP contribution < -0.4 is 4.74 Å². The van der Waals surface area contributed by atoms with Gasteiger partial charge in [-0.2, -0.15) is 5.26 Å². The van der Waals surface area contributed by atoms with Crippen molar-refractivity contribution in [3.63, 3.8) is 0 Å². The monoisotopic (exact) mass is 281 g/mol. The number of rotatable bonds is 3. The molecule has 1 aromatic rings. The van der Waals surface area contributed by atoms with Gasteiger partial charge in [0.25, 0.3) is 0 Å². The van der Waals surface area contributed by atoms with Crippen LogP contribution in [0.1, 0.15) is 12.0 Å². The summed E-state index contributed by atoms with van der Waals surface area (Å²) < 4.78 is 11.8. The Morgan fingerprint density at radius 3 is 3.06 bits per heavy atom. The van der Waals surface area contributed by atoms with E-state index < -0.39 is 0 Å². The van der Waals surface area contributed by atoms with E-state index in [0.717, 1.165) is 29.9 Å². The van der Waals surface area contributed by atoms with E-state index in [0.29, 0.717) is 18.1 Å². The molecular formula is C12H12BrNO2. The van der Waals surface area contributed by atoms with E-state index in [1.165, 1.54) is 0 Å². The summed E-state index contributed by atoms with van der Waals surface area (Å²) >= 11 is 3.35. The maximum absolute atomic E-state index is 8.82. The molecule has 1 aliphatic rings. The molecule has 0 spiro atoms. The molecule has 0 aliphatic carbocycles. The summed E-state index contributed by atoms with van der Waals surface area (Å²) in [5, 5.41) is 8.82. The van der Waals surface area contributed by atoms with Crippen LogP contribution in [0, 0.1) is 17.2 Å². The van der Waals surface area contributed by atoms with Crippen LogP contribution in [0.15, 0.2) is 22.7 Å². The van der Waals surface area contributed by atoms with Gasteiger partial charge in [0.15, 0.2) is 0 Å². The van der Waals surface area contributed by atoms with E-state index in [9.17, 15) is 0 Å². The molecule has 1 aliphatic heterocycles. The number of nitrogens with zero attached hydrogens (tertiary/aromatic N) is 1. The number of halogens is 1. The van der Waals surface area contributed by atoms with Crippen LogP contribution >= 0.6 is 15.9 Å². The first-order valence-corrected chi connectivity index (χ1v) is 5.98. The third-order valence-corrected chi connectivity index (χ3v) is 2.97. The summed E-state index contributed by atoms with van der Waals surface area (Å²) in [7, 11) is 0. The summed E-state index contributed by atoms with van der Waals surface area (Å²) in [5.41, 5.74) is 0.604. The van der Waals surface area contributed by atoms with Crippen LogP contribution in [0.25, 0.3) is 0 Å². The quantitative estimate of drug-likeness (QED) is 0.856. The highest BCUT2D eigenvalue weighted by Gasteiger charge is 2.16. The summed E-state index contributed by atoms with van der Waals surface area (Å²) in [6.45, 7) is 2.26. The molecule has 3 nitrogen and oxygen atoms in total. The second-order valence-electron chi connectivity index (χ2n) is 3.83. The zero-order valence-electron chi connectivity index (χ0n) is 8.78. The molecule has 84 valence electrons. The highest BCUT2D eigenvalue weighted by molar-refractivity contribution is 9.10. The largest absolute Gasteiger partial charge is 0.493 e. The topological polar surface area (TPSA) is 42.2 Å². The molecule has 1 aromatic carbocycles. The molecule has 4 heteroatoms. The smallest absolute Gasteiger partial charge is 0.121 e. The van der Waals surface area contributed by atoms with Crippen LogP contribution in [-0.2, 0) is 4.74 Å². The maximum Gasteiger partial charge on any atom is 0.121 e. The molecular weight excluding hydrogens is 270 g/mol. The first-order chi connectivity index (χ1) is 7.78. The fourth-order valence-corrected chi connectivity index (χ4v) is 2.11. The van der Waals surface area contributed by atoms with Gasteiger partial charge in [0.2, 0.25) is 0 Å². The lowest BCUT2D eigenvalue weighted by Crippen LogP contribution is -2.11. The highest BCUT2D eigenvalue weighted by atomic mass is 79.9. The predicted molar refractivity (Wildman–Crippen MR) is 63.3 cm³/mol. The van der Waals surface area contributed by atoms with E-state index in [-0.39, 0.29) is 0 Å². The lowest BCUT2D eigenvalue weighted by atomic mass is 10.1. The Labute approximate surface area is 103 Å². The van der Waals surface area contributed by atoms with E-state index in [4.69, 9.17) is 14.7 Å². The molecule has 1 heterocycles. The summed E-state index contributed by atoms with van der Waals surface area (Å²) in [5.74, 6) is 1.21. The molecule has 0 aromatic heterocycles. The number of nitriles is 1. The van der Waals surface area contributed by atoms with Gasteiger partial charge in [-0.1, -0.05) is 15.9 Å². The molecule has 2 rings (SSSR count). The summed E-state index contributed by atoms with van der Waals surface area (Å²) in [6.07, 6.45) is 1.05. The molecule has 16 heavy (non-hydrogen) atoms. The number of ether oxygens (including phenoxy) is 2. The zero-order valence-corrected chi connectivity index (χ0v) is 10.4. The van der Waals surface area contributed by atoms with Crippen LogP contribution in [0.4, 0.5) is 0 Å². The average molecular weight is 282 g/mol. The van der Waals surface area contributed by atoms with Gasteiger partial charge in [0.1, 0.15) is 5.75 Å². The SMILES string of the molecule is N#Cc1cc(Br)cc(OCC2CCOC2)c1. The van der Waals surface area contributed by atoms with Crippen LogP contribution in [0.3, 0.4) is 0 Å². The minimum Gasteiger partial charge on any atom is -0.493 e. The molecule has 0 amide bonds. The van der Waals surface area contributed by atoms with Gasteiger partial charge in [-0.15, -0.1) is 0 Å². The average Bonchev–Trinajstić information content (AvgIpc) is 2.78. The maximum atomic E-state index is 8.82. The standard InChI is InChI=1S/C12H12BrNO2/c13-11-3-10(6-14)4-12(5-11)16-8-9-1-2-15-7-9/h3-5,9H,1-2,7-8H2. The number of hydrogen-bond acceptors (Lipinski definition) is 3. The molecule has 0 saturated carbocycles. The molecule has 0 radical (unpaired) electrons. The minimum atomic E-state index is 0.476. The molecule has 0 bridgehead atoms. The van der Waals surface area contributed by atoms with Crippen LogP contribution in [-0.4, -0.2) is 19.8 Å². The third-order valence-electron chi connectivity index (χ3n) is 2.51. The number of hydrogen-bond donors (Lipinski definition) is 0. The summed E-state index contributed by atoms with van der Waals surface area (Å²) in [6, 6.07) is 7.49. The molecule has 1 unspecified atom stereocenters. The van der Waals surface area contributed by atoms with Gasteiger partial charge < -0.3 is 9.47 Å². The molecule has 0 N–H and O–H groups in total. The summed E-state index contributed by atoms with van der Waals surface area (Å²) in [4.78, 5) is 0. The molecule has 1 fully saturated rings. The van der Waals surface area contributed by atoms with Gasteiger partial charge in [-0.3, -0.25) is 0 Å². The van der Waals surface area contributed by atoms with Crippen molar-refractivity contribution in [2.24, 2.45) is 5.92 Å². The van der Waals surface area contributed by atoms with Crippen molar-refractivity contribution in [2.45, 2.75) is 6.42 Å². The normalized spacial score (nSPS) is 19.4. The lowest BCUT2D eigenvalue weighted by Gasteiger charge is -2.10. The van der Waals surface area contributed by atoms with E-state index in [1.54, 1.807) is 12.1 Å². The van der Waals surface area contributed by atoms with Crippen molar-refractivity contribution in [2.75, 3.05) is 19.8 Å². The molecule has 1 saturated heterocycles. The van der Waals surface area contributed by atoms with Crippen molar-refractivity contribution in [3.05, 3.63) is 28.2 Å². The van der Waals surface area contributed by atoms with Gasteiger partial charge in [-0.25, -0.2) is 0 Å². The van der Waals surface area contributed by atoms with Gasteiger partial charge in [-0.05, 0) is 24.6 Å². The Morgan fingerprint density at radius 2 is 2.38 bits per heavy atom. The third kappa shape index (κ3) is 2.97. The van der Waals surface area contributed by atoms with Crippen molar-refractivity contribution in [1.29, 1.82) is 5.26 Å². The Morgan fingerprint density at radius 1 is 1.50 bits per heavy atom. The molecule has 1 atom stereocenters. The van der Waals surface area contributed by atoms with E-state index in [2.05, 4.69) is 22.0 Å². The Hall–Kier alpha value is -1.05. The lowest BCUT2D eigenvalue weighted by molar-refractivity contribution is 0.167. The first kappa shape index (κ1) is 11.4. The van der Waals surface area contributed by atoms with E-state index in [1.807, 2.05) is 6.07 Å². The first-order valence-electron chi connectivity index (χ1n) is 5.19. The van der Waals surface area contributed by atoms with Gasteiger partial charge >= 0.3 is 0 Å². The van der Waals surface area contributed by atoms with Crippen molar-refractivity contribution in [3.8, 4) is 11.8 Å². The Kier molecular flexibility index (Phi) is 3.81. The minimum absolute atomic E-state index is 0.476. The second-order valence-corrected chi connectivity index (χ2v) is 4.74. The fraction of sp³-hybridized carbons (Fsp3) is 0.417. The number of benzene rings is 1. The van der Waals surface area contributed by atoms with Crippen molar-refractivity contribution in [1.82, 2.24) is 0 Å². The van der Waals surface area contributed by atoms with Gasteiger partial charge in [0.05, 0.1) is 24.8 Å². The second kappa shape index (κ2) is 5.33. The highest BCUT2D eigenvalue weighted by Crippen LogP contribution is 2.22. The van der Waals surface area contributed by atoms with E-state index >= 15 is 0 Å². The Balaban J connectivity index is 1.98. The van der Waals surface area contributed by atoms with Crippen LogP contribution in [0.5, 0.6) is 5.75 Å². The van der Waals surface area contributed by atoms with Crippen molar-refractivity contribution >= 4 is 15.9 Å².